The van der Waals surface area contributed by atoms with Crippen molar-refractivity contribution in [3.05, 3.63) is 29.8 Å². The molecule has 3 rings (SSSR count). The SMILES string of the molecule is CC(=O)Nc1ccc(C2SCC(=O)N2CCCN2CCN(C)CC2)cc1. The first-order valence-corrected chi connectivity index (χ1v) is 10.3. The van der Waals surface area contributed by atoms with Gasteiger partial charge in [0.15, 0.2) is 0 Å². The van der Waals surface area contributed by atoms with Crippen LogP contribution in [0.15, 0.2) is 24.3 Å². The third-order valence-corrected chi connectivity index (χ3v) is 6.21. The molecule has 6 nitrogen and oxygen atoms in total. The predicted octanol–water partition coefficient (Wildman–Crippen LogP) is 1.86. The second kappa shape index (κ2) is 8.88. The maximum atomic E-state index is 12.3. The number of anilines is 1. The maximum absolute atomic E-state index is 12.3. The number of amides is 2. The third kappa shape index (κ3) is 4.99. The Hall–Kier alpha value is -1.57. The molecule has 2 fully saturated rings. The fraction of sp³-hybridized carbons (Fsp3) is 0.579. The molecule has 0 aliphatic carbocycles. The molecule has 1 N–H and O–H groups in total. The van der Waals surface area contributed by atoms with Crippen molar-refractivity contribution in [2.45, 2.75) is 18.7 Å². The van der Waals surface area contributed by atoms with Crippen LogP contribution in [0, 0.1) is 0 Å². The molecule has 0 bridgehead atoms. The first-order chi connectivity index (χ1) is 12.5. The Balaban J connectivity index is 1.54. The van der Waals surface area contributed by atoms with Gasteiger partial charge in [-0.3, -0.25) is 9.59 Å². The maximum Gasteiger partial charge on any atom is 0.233 e. The summed E-state index contributed by atoms with van der Waals surface area (Å²) >= 11 is 1.69. The minimum Gasteiger partial charge on any atom is -0.326 e. The number of hydrogen-bond acceptors (Lipinski definition) is 5. The molecule has 1 atom stereocenters. The lowest BCUT2D eigenvalue weighted by molar-refractivity contribution is -0.128. The minimum absolute atomic E-state index is 0.0753. The molecule has 2 aliphatic heterocycles. The van der Waals surface area contributed by atoms with Crippen LogP contribution in [0.5, 0.6) is 0 Å². The van der Waals surface area contributed by atoms with Gasteiger partial charge in [0.25, 0.3) is 0 Å². The van der Waals surface area contributed by atoms with Gasteiger partial charge >= 0.3 is 0 Å². The number of piperazine rings is 1. The van der Waals surface area contributed by atoms with E-state index in [9.17, 15) is 9.59 Å². The van der Waals surface area contributed by atoms with E-state index in [0.29, 0.717) is 5.75 Å². The minimum atomic E-state index is -0.0753. The van der Waals surface area contributed by atoms with Crippen LogP contribution in [-0.4, -0.2) is 78.6 Å². The summed E-state index contributed by atoms with van der Waals surface area (Å²) in [5.74, 6) is 0.699. The molecule has 142 valence electrons. The highest BCUT2D eigenvalue weighted by molar-refractivity contribution is 8.00. The highest BCUT2D eigenvalue weighted by Crippen LogP contribution is 2.38. The predicted molar refractivity (Wildman–Crippen MR) is 106 cm³/mol. The van der Waals surface area contributed by atoms with Crippen molar-refractivity contribution in [1.29, 1.82) is 0 Å². The van der Waals surface area contributed by atoms with Crippen molar-refractivity contribution < 1.29 is 9.59 Å². The molecule has 2 heterocycles. The van der Waals surface area contributed by atoms with E-state index in [2.05, 4.69) is 22.2 Å². The van der Waals surface area contributed by atoms with Crippen LogP contribution in [0.3, 0.4) is 0 Å². The van der Waals surface area contributed by atoms with Crippen LogP contribution in [0.1, 0.15) is 24.3 Å². The lowest BCUT2D eigenvalue weighted by atomic mass is 10.1. The van der Waals surface area contributed by atoms with Crippen LogP contribution < -0.4 is 5.32 Å². The highest BCUT2D eigenvalue weighted by atomic mass is 32.2. The molecule has 0 saturated carbocycles. The van der Waals surface area contributed by atoms with Crippen molar-refractivity contribution in [1.82, 2.24) is 14.7 Å². The Kier molecular flexibility index (Phi) is 6.56. The van der Waals surface area contributed by atoms with Gasteiger partial charge in [-0.1, -0.05) is 12.1 Å². The number of thioether (sulfide) groups is 1. The second-order valence-electron chi connectivity index (χ2n) is 7.05. The molecule has 0 aromatic heterocycles. The number of rotatable bonds is 6. The Labute approximate surface area is 159 Å². The molecule has 1 unspecified atom stereocenters. The van der Waals surface area contributed by atoms with Crippen LogP contribution in [-0.2, 0) is 9.59 Å². The number of carbonyl (C=O) groups is 2. The lowest BCUT2D eigenvalue weighted by Crippen LogP contribution is -2.45. The monoisotopic (exact) mass is 376 g/mol. The molecule has 0 spiro atoms. The molecule has 1 aromatic carbocycles. The van der Waals surface area contributed by atoms with Crippen molar-refractivity contribution in [2.24, 2.45) is 0 Å². The molecule has 2 saturated heterocycles. The molecular formula is C19H28N4O2S. The number of hydrogen-bond donors (Lipinski definition) is 1. The van der Waals surface area contributed by atoms with Crippen molar-refractivity contribution in [3.8, 4) is 0 Å². The quantitative estimate of drug-likeness (QED) is 0.821. The molecule has 2 aliphatic rings. The average molecular weight is 377 g/mol. The van der Waals surface area contributed by atoms with E-state index in [1.165, 1.54) is 6.92 Å². The molecule has 7 heteroatoms. The number of nitrogens with one attached hydrogen (secondary N) is 1. The summed E-state index contributed by atoms with van der Waals surface area (Å²) in [6.07, 6.45) is 1.01. The number of nitrogens with zero attached hydrogens (tertiary/aromatic N) is 3. The van der Waals surface area contributed by atoms with Gasteiger partial charge in [-0.2, -0.15) is 0 Å². The van der Waals surface area contributed by atoms with Crippen molar-refractivity contribution in [2.75, 3.05) is 57.4 Å². The summed E-state index contributed by atoms with van der Waals surface area (Å²) in [7, 11) is 2.17. The summed E-state index contributed by atoms with van der Waals surface area (Å²) in [5, 5.41) is 2.87. The van der Waals surface area contributed by atoms with E-state index in [4.69, 9.17) is 0 Å². The van der Waals surface area contributed by atoms with E-state index in [1.807, 2.05) is 29.2 Å². The van der Waals surface area contributed by atoms with Crippen LogP contribution in [0.2, 0.25) is 0 Å². The van der Waals surface area contributed by atoms with Gasteiger partial charge in [0.2, 0.25) is 11.8 Å². The van der Waals surface area contributed by atoms with Gasteiger partial charge in [0.05, 0.1) is 5.75 Å². The normalized spacial score (nSPS) is 22.0. The van der Waals surface area contributed by atoms with Crippen molar-refractivity contribution >= 4 is 29.3 Å². The second-order valence-corrected chi connectivity index (χ2v) is 8.12. The first kappa shape index (κ1) is 19.2. The molecule has 0 radical (unpaired) electrons. The standard InChI is InChI=1S/C19H28N4O2S/c1-15(24)20-17-6-4-16(5-7-17)19-23(18(25)14-26-19)9-3-8-22-12-10-21(2)11-13-22/h4-7,19H,3,8-14H2,1-2H3,(H,20,24). The largest absolute Gasteiger partial charge is 0.326 e. The Morgan fingerprint density at radius 2 is 1.85 bits per heavy atom. The van der Waals surface area contributed by atoms with E-state index in [0.717, 1.165) is 56.9 Å². The van der Waals surface area contributed by atoms with E-state index in [1.54, 1.807) is 11.8 Å². The Morgan fingerprint density at radius 3 is 2.50 bits per heavy atom. The average Bonchev–Trinajstić information content (AvgIpc) is 2.98. The number of carbonyl (C=O) groups excluding carboxylic acids is 2. The first-order valence-electron chi connectivity index (χ1n) is 9.22. The molecule has 1 aromatic rings. The third-order valence-electron chi connectivity index (χ3n) is 4.95. The number of likely N-dealkylation sites (N-methyl/N-ethyl adjacent to an activating group) is 1. The van der Waals surface area contributed by atoms with Crippen molar-refractivity contribution in [3.63, 3.8) is 0 Å². The van der Waals surface area contributed by atoms with Gasteiger partial charge in [-0.15, -0.1) is 11.8 Å². The fourth-order valence-corrected chi connectivity index (χ4v) is 4.66. The summed E-state index contributed by atoms with van der Waals surface area (Å²) < 4.78 is 0. The molecule has 2 amide bonds. The summed E-state index contributed by atoms with van der Waals surface area (Å²) in [4.78, 5) is 30.3. The van der Waals surface area contributed by atoms with E-state index in [-0.39, 0.29) is 17.2 Å². The number of benzene rings is 1. The van der Waals surface area contributed by atoms with Crippen LogP contribution >= 0.6 is 11.8 Å². The van der Waals surface area contributed by atoms with Crippen LogP contribution in [0.25, 0.3) is 0 Å². The summed E-state index contributed by atoms with van der Waals surface area (Å²) in [6, 6.07) is 7.83. The summed E-state index contributed by atoms with van der Waals surface area (Å²) in [6.45, 7) is 7.85. The summed E-state index contributed by atoms with van der Waals surface area (Å²) in [5.41, 5.74) is 1.91. The van der Waals surface area contributed by atoms with Gasteiger partial charge in [0.1, 0.15) is 5.37 Å². The topological polar surface area (TPSA) is 55.9 Å². The highest BCUT2D eigenvalue weighted by Gasteiger charge is 2.32. The van der Waals surface area contributed by atoms with Gasteiger partial charge < -0.3 is 20.0 Å². The molecular weight excluding hydrogens is 348 g/mol. The lowest BCUT2D eigenvalue weighted by Gasteiger charge is -2.33. The Bertz CT molecular complexity index is 629. The van der Waals surface area contributed by atoms with Gasteiger partial charge in [0, 0.05) is 45.3 Å². The Morgan fingerprint density at radius 1 is 1.15 bits per heavy atom. The van der Waals surface area contributed by atoms with Crippen LogP contribution in [0.4, 0.5) is 5.69 Å². The van der Waals surface area contributed by atoms with Gasteiger partial charge in [-0.05, 0) is 37.7 Å². The zero-order chi connectivity index (χ0) is 18.5. The fourth-order valence-electron chi connectivity index (χ4n) is 3.44. The molecule has 26 heavy (non-hydrogen) atoms. The van der Waals surface area contributed by atoms with E-state index >= 15 is 0 Å². The zero-order valence-electron chi connectivity index (χ0n) is 15.6. The van der Waals surface area contributed by atoms with E-state index < -0.39 is 0 Å². The zero-order valence-corrected chi connectivity index (χ0v) is 16.4. The smallest absolute Gasteiger partial charge is 0.233 e. The van der Waals surface area contributed by atoms with Gasteiger partial charge in [-0.25, -0.2) is 0 Å².